The van der Waals surface area contributed by atoms with E-state index in [0.29, 0.717) is 39.9 Å². The quantitative estimate of drug-likeness (QED) is 0.141. The van der Waals surface area contributed by atoms with Gasteiger partial charge in [0.2, 0.25) is 11.8 Å². The number of methoxy groups -OCH3 is 1. The number of rotatable bonds is 13. The first kappa shape index (κ1) is 31.5. The van der Waals surface area contributed by atoms with Crippen LogP contribution in [0.25, 0.3) is 10.6 Å². The zero-order valence-corrected chi connectivity index (χ0v) is 24.3. The van der Waals surface area contributed by atoms with Gasteiger partial charge in [-0.15, -0.1) is 21.5 Å². The lowest BCUT2D eigenvalue weighted by molar-refractivity contribution is -0.120. The predicted octanol–water partition coefficient (Wildman–Crippen LogP) is 0.803. The van der Waals surface area contributed by atoms with Crippen molar-refractivity contribution in [3.63, 3.8) is 0 Å². The second-order valence-corrected chi connectivity index (χ2v) is 10.7. The molecule has 17 heteroatoms. The summed E-state index contributed by atoms with van der Waals surface area (Å²) in [6.45, 7) is 2.32. The standard InChI is InChI=1S/C26H27B3N8O5S/c1-3-19(38)30-9-10-31-23(40)17-12-32-25(43-17)14-5-4-6-15(21(14)42-2)33-16-11-18(34-22(39)13-7-8-13)36-37-20(16)24(41)35-26(27,28)29/h4-6,11-13H,3,7-10H2,1-2H3,(H,30,38)(H,31,40)(H,35,41)(H2,33,34,36,39). The van der Waals surface area contributed by atoms with Crippen LogP contribution in [0.3, 0.4) is 0 Å². The van der Waals surface area contributed by atoms with Crippen LogP contribution in [0.5, 0.6) is 5.75 Å². The molecule has 43 heavy (non-hydrogen) atoms. The summed E-state index contributed by atoms with van der Waals surface area (Å²) in [5.74, 6) is -1.07. The molecule has 0 aliphatic heterocycles. The SMILES string of the molecule is [B]C([B])([B])NC(=O)c1nnc(NC(=O)C2CC2)cc1Nc1cccc(-c2ncc(C(=O)NCCNC(=O)CC)s2)c1OC. The van der Waals surface area contributed by atoms with E-state index in [9.17, 15) is 19.2 Å². The minimum absolute atomic E-state index is 0.0857. The van der Waals surface area contributed by atoms with Gasteiger partial charge in [-0.1, -0.05) is 18.2 Å². The molecule has 13 nitrogen and oxygen atoms in total. The van der Waals surface area contributed by atoms with E-state index < -0.39 is 11.1 Å². The Labute approximate surface area is 256 Å². The van der Waals surface area contributed by atoms with Crippen molar-refractivity contribution < 1.29 is 23.9 Å². The monoisotopic (exact) mass is 596 g/mol. The Kier molecular flexibility index (Phi) is 10.1. The molecule has 216 valence electrons. The Balaban J connectivity index is 1.59. The number of thiazole rings is 1. The molecule has 1 aliphatic rings. The van der Waals surface area contributed by atoms with Gasteiger partial charge in [-0.2, -0.15) is 0 Å². The first-order valence-corrected chi connectivity index (χ1v) is 14.1. The van der Waals surface area contributed by atoms with Crippen LogP contribution in [-0.4, -0.2) is 87.8 Å². The number of amides is 4. The van der Waals surface area contributed by atoms with Crippen molar-refractivity contribution in [1.82, 2.24) is 31.1 Å². The lowest BCUT2D eigenvalue weighted by atomic mass is 9.49. The van der Waals surface area contributed by atoms with Crippen molar-refractivity contribution >= 4 is 75.7 Å². The van der Waals surface area contributed by atoms with Crippen molar-refractivity contribution in [3.8, 4) is 16.3 Å². The zero-order valence-electron chi connectivity index (χ0n) is 23.5. The molecule has 5 N–H and O–H groups in total. The Bertz CT molecular complexity index is 1530. The van der Waals surface area contributed by atoms with Gasteiger partial charge in [0.1, 0.15) is 9.88 Å². The van der Waals surface area contributed by atoms with E-state index in [4.69, 9.17) is 28.3 Å². The number of ether oxygens (including phenoxy) is 1. The highest BCUT2D eigenvalue weighted by atomic mass is 32.1. The van der Waals surface area contributed by atoms with Crippen LogP contribution in [0, 0.1) is 5.92 Å². The molecule has 0 saturated heterocycles. The molecule has 1 aromatic carbocycles. The van der Waals surface area contributed by atoms with Gasteiger partial charge >= 0.3 is 0 Å². The summed E-state index contributed by atoms with van der Waals surface area (Å²) >= 11 is 1.15. The Morgan fingerprint density at radius 2 is 1.79 bits per heavy atom. The maximum atomic E-state index is 12.9. The fourth-order valence-corrected chi connectivity index (χ4v) is 4.66. The van der Waals surface area contributed by atoms with Crippen LogP contribution in [0.15, 0.2) is 30.5 Å². The number of nitrogens with one attached hydrogen (secondary N) is 5. The third-order valence-corrected chi connectivity index (χ3v) is 7.07. The summed E-state index contributed by atoms with van der Waals surface area (Å²) in [6, 6.07) is 6.62. The number of nitrogens with zero attached hydrogens (tertiary/aromatic N) is 3. The van der Waals surface area contributed by atoms with Gasteiger partial charge in [-0.3, -0.25) is 19.2 Å². The minimum atomic E-state index is -2.02. The molecule has 0 spiro atoms. The van der Waals surface area contributed by atoms with Crippen LogP contribution in [0.1, 0.15) is 46.3 Å². The highest BCUT2D eigenvalue weighted by molar-refractivity contribution is 7.17. The van der Waals surface area contributed by atoms with E-state index in [1.54, 1.807) is 25.1 Å². The maximum absolute atomic E-state index is 12.9. The van der Waals surface area contributed by atoms with Crippen molar-refractivity contribution in [2.75, 3.05) is 30.8 Å². The molecule has 4 rings (SSSR count). The zero-order chi connectivity index (χ0) is 31.1. The molecule has 2 heterocycles. The summed E-state index contributed by atoms with van der Waals surface area (Å²) < 4.78 is 5.70. The normalized spacial score (nSPS) is 12.6. The topological polar surface area (TPSA) is 176 Å². The molecule has 1 aliphatic carbocycles. The molecule has 0 unspecified atom stereocenters. The third kappa shape index (κ3) is 8.56. The smallest absolute Gasteiger partial charge is 0.272 e. The van der Waals surface area contributed by atoms with Gasteiger partial charge in [0.15, 0.2) is 17.3 Å². The van der Waals surface area contributed by atoms with E-state index in [-0.39, 0.29) is 47.4 Å². The van der Waals surface area contributed by atoms with Crippen molar-refractivity contribution in [1.29, 1.82) is 0 Å². The van der Waals surface area contributed by atoms with Crippen LogP contribution in [0.4, 0.5) is 17.2 Å². The van der Waals surface area contributed by atoms with Gasteiger partial charge in [0.05, 0.1) is 53.8 Å². The lowest BCUT2D eigenvalue weighted by Crippen LogP contribution is -2.50. The van der Waals surface area contributed by atoms with E-state index in [2.05, 4.69) is 41.8 Å². The van der Waals surface area contributed by atoms with Crippen LogP contribution in [0.2, 0.25) is 0 Å². The van der Waals surface area contributed by atoms with E-state index in [1.165, 1.54) is 19.4 Å². The second-order valence-electron chi connectivity index (χ2n) is 9.64. The van der Waals surface area contributed by atoms with Crippen LogP contribution >= 0.6 is 11.3 Å². The number of hydrogen-bond acceptors (Lipinski definition) is 10. The molecular weight excluding hydrogens is 569 g/mol. The Hall–Kier alpha value is -4.40. The average Bonchev–Trinajstić information content (AvgIpc) is 3.70. The second kappa shape index (κ2) is 13.7. The molecule has 1 saturated carbocycles. The third-order valence-electron chi connectivity index (χ3n) is 6.04. The molecule has 4 amide bonds. The van der Waals surface area contributed by atoms with Gasteiger partial charge in [-0.05, 0) is 25.0 Å². The summed E-state index contributed by atoms with van der Waals surface area (Å²) in [7, 11) is 18.1. The highest BCUT2D eigenvalue weighted by Gasteiger charge is 2.30. The van der Waals surface area contributed by atoms with Gasteiger partial charge in [-0.25, -0.2) is 4.98 Å². The number of anilines is 3. The van der Waals surface area contributed by atoms with E-state index in [0.717, 1.165) is 24.2 Å². The van der Waals surface area contributed by atoms with Crippen LogP contribution < -0.4 is 31.3 Å². The van der Waals surface area contributed by atoms with Gasteiger partial charge in [0.25, 0.3) is 11.8 Å². The first-order chi connectivity index (χ1) is 20.5. The van der Waals surface area contributed by atoms with Crippen molar-refractivity contribution in [2.24, 2.45) is 5.92 Å². The minimum Gasteiger partial charge on any atom is -0.494 e. The number of carbonyl (C=O) groups is 4. The summed E-state index contributed by atoms with van der Waals surface area (Å²) in [6.07, 6.45) is 3.39. The number of hydrogen-bond donors (Lipinski definition) is 5. The van der Waals surface area contributed by atoms with E-state index in [1.807, 2.05) is 0 Å². The van der Waals surface area contributed by atoms with Crippen LogP contribution in [-0.2, 0) is 9.59 Å². The summed E-state index contributed by atoms with van der Waals surface area (Å²) in [5, 5.41) is 19.8. The molecule has 0 atom stereocenters. The number of para-hydroxylation sites is 1. The molecule has 3 aromatic rings. The van der Waals surface area contributed by atoms with E-state index >= 15 is 0 Å². The van der Waals surface area contributed by atoms with Gasteiger partial charge in [0, 0.05) is 31.5 Å². The lowest BCUT2D eigenvalue weighted by Gasteiger charge is -2.23. The molecule has 1 fully saturated rings. The molecular formula is C26H27B3N8O5S. The predicted molar refractivity (Wildman–Crippen MR) is 164 cm³/mol. The Morgan fingerprint density at radius 3 is 2.47 bits per heavy atom. The Morgan fingerprint density at radius 1 is 1.05 bits per heavy atom. The molecule has 0 bridgehead atoms. The van der Waals surface area contributed by atoms with Crippen molar-refractivity contribution in [2.45, 2.75) is 31.4 Å². The van der Waals surface area contributed by atoms with Crippen molar-refractivity contribution in [3.05, 3.63) is 41.0 Å². The molecule has 6 radical (unpaired) electrons. The first-order valence-electron chi connectivity index (χ1n) is 13.3. The average molecular weight is 596 g/mol. The number of benzene rings is 1. The number of aromatic nitrogens is 3. The van der Waals surface area contributed by atoms with Gasteiger partial charge < -0.3 is 31.3 Å². The maximum Gasteiger partial charge on any atom is 0.272 e. The molecule has 2 aromatic heterocycles. The summed E-state index contributed by atoms with van der Waals surface area (Å²) in [4.78, 5) is 54.0. The highest BCUT2D eigenvalue weighted by Crippen LogP contribution is 2.40. The fourth-order valence-electron chi connectivity index (χ4n) is 3.81. The fraction of sp³-hybridized carbons (Fsp3) is 0.346. The largest absolute Gasteiger partial charge is 0.494 e. The number of carbonyl (C=O) groups excluding carboxylic acids is 4. The summed E-state index contributed by atoms with van der Waals surface area (Å²) in [5.41, 5.74) is 0.916.